The fourth-order valence-corrected chi connectivity index (χ4v) is 2.73. The molecule has 3 nitrogen and oxygen atoms in total. The van der Waals surface area contributed by atoms with Gasteiger partial charge in [-0.3, -0.25) is 0 Å². The predicted octanol–water partition coefficient (Wildman–Crippen LogP) is 2.06. The average molecular weight is 229 g/mol. The lowest BCUT2D eigenvalue weighted by Gasteiger charge is -2.18. The summed E-state index contributed by atoms with van der Waals surface area (Å²) in [5, 5.41) is 3.60. The van der Waals surface area contributed by atoms with Gasteiger partial charge in [-0.05, 0) is 24.2 Å². The Bertz CT molecular complexity index is 194. The van der Waals surface area contributed by atoms with Crippen LogP contribution in [0, 0.1) is 11.3 Å². The second-order valence-electron chi connectivity index (χ2n) is 5.72. The van der Waals surface area contributed by atoms with Crippen LogP contribution in [0.3, 0.4) is 0 Å². The van der Waals surface area contributed by atoms with Crippen LogP contribution in [-0.2, 0) is 9.47 Å². The Balaban J connectivity index is 2.05. The summed E-state index contributed by atoms with van der Waals surface area (Å²) in [6.45, 7) is 10.2. The third-order valence-electron chi connectivity index (χ3n) is 3.42. The largest absolute Gasteiger partial charge is 0.382 e. The van der Waals surface area contributed by atoms with E-state index in [9.17, 15) is 0 Å². The predicted molar refractivity (Wildman–Crippen MR) is 66.7 cm³/mol. The molecule has 0 aromatic rings. The van der Waals surface area contributed by atoms with Crippen molar-refractivity contribution in [2.75, 3.05) is 33.5 Å². The number of ether oxygens (including phenoxy) is 2. The van der Waals surface area contributed by atoms with Gasteiger partial charge in [-0.15, -0.1) is 0 Å². The van der Waals surface area contributed by atoms with Crippen LogP contribution >= 0.6 is 0 Å². The van der Waals surface area contributed by atoms with E-state index in [2.05, 4.69) is 26.1 Å². The molecule has 1 fully saturated rings. The normalized spacial score (nSPS) is 28.5. The van der Waals surface area contributed by atoms with Crippen LogP contribution in [0.2, 0.25) is 0 Å². The molecule has 3 heteroatoms. The van der Waals surface area contributed by atoms with Crippen LogP contribution in [0.4, 0.5) is 0 Å². The van der Waals surface area contributed by atoms with Gasteiger partial charge in [0.2, 0.25) is 0 Å². The highest BCUT2D eigenvalue weighted by molar-refractivity contribution is 4.90. The Morgan fingerprint density at radius 2 is 1.94 bits per heavy atom. The maximum Gasteiger partial charge on any atom is 0.0700 e. The number of hydrogen-bond acceptors (Lipinski definition) is 3. The number of methoxy groups -OCH3 is 1. The molecule has 2 atom stereocenters. The van der Waals surface area contributed by atoms with Gasteiger partial charge in [-0.25, -0.2) is 0 Å². The summed E-state index contributed by atoms with van der Waals surface area (Å²) in [6, 6.07) is 0.668. The topological polar surface area (TPSA) is 30.5 Å². The van der Waals surface area contributed by atoms with Crippen LogP contribution in [0.15, 0.2) is 0 Å². The molecule has 1 N–H and O–H groups in total. The van der Waals surface area contributed by atoms with Crippen LogP contribution in [0.5, 0.6) is 0 Å². The molecule has 0 aliphatic heterocycles. The van der Waals surface area contributed by atoms with E-state index in [-0.39, 0.29) is 0 Å². The van der Waals surface area contributed by atoms with Gasteiger partial charge in [0, 0.05) is 19.7 Å². The summed E-state index contributed by atoms with van der Waals surface area (Å²) in [4.78, 5) is 0. The van der Waals surface area contributed by atoms with Crippen molar-refractivity contribution in [1.29, 1.82) is 0 Å². The fourth-order valence-electron chi connectivity index (χ4n) is 2.73. The van der Waals surface area contributed by atoms with Crippen molar-refractivity contribution in [1.82, 2.24) is 5.32 Å². The van der Waals surface area contributed by atoms with Crippen molar-refractivity contribution >= 4 is 0 Å². The SMILES string of the molecule is COCCOCCN[C@@H]1CC(C)(C)C[C@H]1C. The Hall–Kier alpha value is -0.120. The van der Waals surface area contributed by atoms with Crippen molar-refractivity contribution in [3.8, 4) is 0 Å². The number of nitrogens with one attached hydrogen (secondary N) is 1. The molecule has 0 saturated heterocycles. The Labute approximate surface area is 99.9 Å². The van der Waals surface area contributed by atoms with Gasteiger partial charge in [0.1, 0.15) is 0 Å². The summed E-state index contributed by atoms with van der Waals surface area (Å²) in [7, 11) is 1.70. The molecule has 1 aliphatic carbocycles. The standard InChI is InChI=1S/C13H27NO2/c1-11-9-13(2,3)10-12(11)14-5-6-16-8-7-15-4/h11-12,14H,5-10H2,1-4H3/t11-,12-/m1/s1. The minimum Gasteiger partial charge on any atom is -0.382 e. The highest BCUT2D eigenvalue weighted by Crippen LogP contribution is 2.40. The Morgan fingerprint density at radius 3 is 2.50 bits per heavy atom. The highest BCUT2D eigenvalue weighted by atomic mass is 16.5. The molecular weight excluding hydrogens is 202 g/mol. The smallest absolute Gasteiger partial charge is 0.0700 e. The third kappa shape index (κ3) is 4.81. The van der Waals surface area contributed by atoms with Crippen molar-refractivity contribution < 1.29 is 9.47 Å². The molecule has 0 spiro atoms. The molecule has 1 saturated carbocycles. The molecule has 96 valence electrons. The van der Waals surface area contributed by atoms with Crippen LogP contribution in [-0.4, -0.2) is 39.5 Å². The van der Waals surface area contributed by atoms with E-state index in [1.165, 1.54) is 12.8 Å². The second-order valence-corrected chi connectivity index (χ2v) is 5.72. The zero-order valence-electron chi connectivity index (χ0n) is 11.2. The van der Waals surface area contributed by atoms with Gasteiger partial charge < -0.3 is 14.8 Å². The molecule has 1 aliphatic rings. The van der Waals surface area contributed by atoms with Gasteiger partial charge in [0.25, 0.3) is 0 Å². The average Bonchev–Trinajstić information content (AvgIpc) is 2.45. The van der Waals surface area contributed by atoms with E-state index in [4.69, 9.17) is 9.47 Å². The second kappa shape index (κ2) is 6.58. The number of hydrogen-bond donors (Lipinski definition) is 1. The van der Waals surface area contributed by atoms with Crippen molar-refractivity contribution in [2.45, 2.75) is 39.7 Å². The quantitative estimate of drug-likeness (QED) is 0.678. The monoisotopic (exact) mass is 229 g/mol. The molecule has 0 unspecified atom stereocenters. The fraction of sp³-hybridized carbons (Fsp3) is 1.00. The van der Waals surface area contributed by atoms with Crippen molar-refractivity contribution in [2.24, 2.45) is 11.3 Å². The van der Waals surface area contributed by atoms with Gasteiger partial charge in [-0.1, -0.05) is 20.8 Å². The first-order valence-electron chi connectivity index (χ1n) is 6.35. The zero-order chi connectivity index (χ0) is 12.0. The lowest BCUT2D eigenvalue weighted by Crippen LogP contribution is -2.34. The van der Waals surface area contributed by atoms with E-state index < -0.39 is 0 Å². The molecular formula is C13H27NO2. The summed E-state index contributed by atoms with van der Waals surface area (Å²) in [5.41, 5.74) is 0.508. The molecule has 0 bridgehead atoms. The van der Waals surface area contributed by atoms with Crippen molar-refractivity contribution in [3.05, 3.63) is 0 Å². The highest BCUT2D eigenvalue weighted by Gasteiger charge is 2.35. The first-order chi connectivity index (χ1) is 7.55. The number of rotatable bonds is 7. The van der Waals surface area contributed by atoms with E-state index >= 15 is 0 Å². The molecule has 0 amide bonds. The molecule has 0 aromatic carbocycles. The summed E-state index contributed by atoms with van der Waals surface area (Å²) in [5.74, 6) is 0.786. The minimum absolute atomic E-state index is 0.508. The maximum atomic E-state index is 5.43. The summed E-state index contributed by atoms with van der Waals surface area (Å²) >= 11 is 0. The van der Waals surface area contributed by atoms with Gasteiger partial charge in [0.15, 0.2) is 0 Å². The first-order valence-corrected chi connectivity index (χ1v) is 6.35. The van der Waals surface area contributed by atoms with E-state index in [1.807, 2.05) is 0 Å². The van der Waals surface area contributed by atoms with Gasteiger partial charge in [0.05, 0.1) is 19.8 Å². The molecule has 1 rings (SSSR count). The van der Waals surface area contributed by atoms with Gasteiger partial charge in [-0.2, -0.15) is 0 Å². The first kappa shape index (κ1) is 13.9. The van der Waals surface area contributed by atoms with Crippen molar-refractivity contribution in [3.63, 3.8) is 0 Å². The lowest BCUT2D eigenvalue weighted by atomic mass is 9.91. The minimum atomic E-state index is 0.508. The lowest BCUT2D eigenvalue weighted by molar-refractivity contribution is 0.0706. The van der Waals surface area contributed by atoms with Crippen LogP contribution in [0.25, 0.3) is 0 Å². The van der Waals surface area contributed by atoms with Crippen LogP contribution in [0.1, 0.15) is 33.6 Å². The molecule has 0 radical (unpaired) electrons. The van der Waals surface area contributed by atoms with E-state index in [0.717, 1.165) is 19.1 Å². The zero-order valence-corrected chi connectivity index (χ0v) is 11.2. The summed E-state index contributed by atoms with van der Waals surface area (Å²) < 4.78 is 10.4. The molecule has 16 heavy (non-hydrogen) atoms. The molecule has 0 heterocycles. The maximum absolute atomic E-state index is 5.43. The van der Waals surface area contributed by atoms with Gasteiger partial charge >= 0.3 is 0 Å². The molecule has 0 aromatic heterocycles. The van der Waals surface area contributed by atoms with E-state index in [1.54, 1.807) is 7.11 Å². The Morgan fingerprint density at radius 1 is 1.19 bits per heavy atom. The summed E-state index contributed by atoms with van der Waals surface area (Å²) in [6.07, 6.45) is 2.61. The Kier molecular flexibility index (Phi) is 5.73. The van der Waals surface area contributed by atoms with Crippen LogP contribution < -0.4 is 5.32 Å². The third-order valence-corrected chi connectivity index (χ3v) is 3.42. The van der Waals surface area contributed by atoms with E-state index in [0.29, 0.717) is 24.7 Å².